The molecule has 1 unspecified atom stereocenters. The van der Waals surface area contributed by atoms with E-state index in [9.17, 15) is 8.42 Å². The van der Waals surface area contributed by atoms with Gasteiger partial charge in [-0.1, -0.05) is 24.1 Å². The topological polar surface area (TPSA) is 85.8 Å². The van der Waals surface area contributed by atoms with E-state index < -0.39 is 10.0 Å². The Hall–Kier alpha value is -1.51. The van der Waals surface area contributed by atoms with Crippen molar-refractivity contribution in [2.45, 2.75) is 31.7 Å². The van der Waals surface area contributed by atoms with Crippen molar-refractivity contribution in [3.8, 4) is 0 Å². The van der Waals surface area contributed by atoms with E-state index in [2.05, 4.69) is 31.3 Å². The van der Waals surface area contributed by atoms with Gasteiger partial charge in [-0.15, -0.1) is 0 Å². The number of guanidine groups is 1. The van der Waals surface area contributed by atoms with Gasteiger partial charge in [0.1, 0.15) is 0 Å². The molecular formula is C19H30ClN5O2S. The summed E-state index contributed by atoms with van der Waals surface area (Å²) >= 11 is 6.09. The molecular weight excluding hydrogens is 398 g/mol. The molecule has 28 heavy (non-hydrogen) atoms. The average Bonchev–Trinajstić information content (AvgIpc) is 3.08. The molecule has 0 bridgehead atoms. The number of rotatable bonds is 8. The van der Waals surface area contributed by atoms with Crippen LogP contribution >= 0.6 is 11.6 Å². The van der Waals surface area contributed by atoms with E-state index in [1.165, 1.54) is 6.42 Å². The highest BCUT2D eigenvalue weighted by atomic mass is 35.5. The van der Waals surface area contributed by atoms with Crippen molar-refractivity contribution in [2.24, 2.45) is 10.9 Å². The summed E-state index contributed by atoms with van der Waals surface area (Å²) in [7, 11) is -1.55. The SMILES string of the molecule is CN=C(NCCS(=O)(=O)NCC1CCC1)NC1CCN(c2cccc(Cl)c2)C1. The fourth-order valence-corrected chi connectivity index (χ4v) is 4.68. The van der Waals surface area contributed by atoms with Gasteiger partial charge in [0.05, 0.1) is 5.75 Å². The van der Waals surface area contributed by atoms with Gasteiger partial charge < -0.3 is 15.5 Å². The maximum Gasteiger partial charge on any atom is 0.213 e. The number of nitrogens with one attached hydrogen (secondary N) is 3. The average molecular weight is 428 g/mol. The quantitative estimate of drug-likeness (QED) is 0.435. The number of benzene rings is 1. The van der Waals surface area contributed by atoms with Crippen molar-refractivity contribution in [1.29, 1.82) is 0 Å². The lowest BCUT2D eigenvalue weighted by Gasteiger charge is -2.25. The molecule has 0 aromatic heterocycles. The zero-order valence-electron chi connectivity index (χ0n) is 16.3. The number of hydrogen-bond acceptors (Lipinski definition) is 4. The highest BCUT2D eigenvalue weighted by Gasteiger charge is 2.24. The van der Waals surface area contributed by atoms with Crippen molar-refractivity contribution in [2.75, 3.05) is 43.9 Å². The molecule has 2 aliphatic rings. The van der Waals surface area contributed by atoms with Crippen LogP contribution in [0.4, 0.5) is 5.69 Å². The van der Waals surface area contributed by atoms with Gasteiger partial charge in [-0.2, -0.15) is 0 Å². The van der Waals surface area contributed by atoms with Crippen LogP contribution in [0.3, 0.4) is 0 Å². The largest absolute Gasteiger partial charge is 0.369 e. The summed E-state index contributed by atoms with van der Waals surface area (Å²) in [5, 5.41) is 7.23. The Balaban J connectivity index is 1.39. The fraction of sp³-hybridized carbons (Fsp3) is 0.632. The molecule has 1 aliphatic heterocycles. The molecule has 156 valence electrons. The number of hydrogen-bond donors (Lipinski definition) is 3. The Morgan fingerprint density at radius 2 is 2.14 bits per heavy atom. The lowest BCUT2D eigenvalue weighted by Crippen LogP contribution is -2.46. The molecule has 1 atom stereocenters. The summed E-state index contributed by atoms with van der Waals surface area (Å²) in [5.74, 6) is 1.19. The van der Waals surface area contributed by atoms with Gasteiger partial charge >= 0.3 is 0 Å². The maximum absolute atomic E-state index is 12.1. The van der Waals surface area contributed by atoms with Crippen molar-refractivity contribution < 1.29 is 8.42 Å². The van der Waals surface area contributed by atoms with Crippen LogP contribution in [0, 0.1) is 5.92 Å². The summed E-state index contributed by atoms with van der Waals surface area (Å²) in [5.41, 5.74) is 1.11. The van der Waals surface area contributed by atoms with Crippen LogP contribution in [0.1, 0.15) is 25.7 Å². The third kappa shape index (κ3) is 6.25. The van der Waals surface area contributed by atoms with E-state index in [0.29, 0.717) is 25.0 Å². The fourth-order valence-electron chi connectivity index (χ4n) is 3.49. The van der Waals surface area contributed by atoms with Gasteiger partial charge in [-0.3, -0.25) is 4.99 Å². The monoisotopic (exact) mass is 427 g/mol. The number of nitrogens with zero attached hydrogens (tertiary/aromatic N) is 2. The lowest BCUT2D eigenvalue weighted by atomic mass is 9.86. The minimum atomic E-state index is -3.25. The summed E-state index contributed by atoms with van der Waals surface area (Å²) in [6.45, 7) is 2.68. The predicted molar refractivity (Wildman–Crippen MR) is 116 cm³/mol. The Bertz CT molecular complexity index is 782. The van der Waals surface area contributed by atoms with Crippen LogP contribution in [-0.4, -0.2) is 59.4 Å². The molecule has 1 saturated heterocycles. The molecule has 1 aromatic rings. The van der Waals surface area contributed by atoms with Gasteiger partial charge in [0, 0.05) is 50.0 Å². The van der Waals surface area contributed by atoms with E-state index in [1.54, 1.807) is 7.05 Å². The number of anilines is 1. The molecule has 7 nitrogen and oxygen atoms in total. The third-order valence-electron chi connectivity index (χ3n) is 5.41. The molecule has 2 fully saturated rings. The van der Waals surface area contributed by atoms with E-state index >= 15 is 0 Å². The van der Waals surface area contributed by atoms with Crippen molar-refractivity contribution in [1.82, 2.24) is 15.4 Å². The van der Waals surface area contributed by atoms with E-state index in [0.717, 1.165) is 43.1 Å². The van der Waals surface area contributed by atoms with Crippen LogP contribution in [0.5, 0.6) is 0 Å². The van der Waals surface area contributed by atoms with Crippen LogP contribution in [0.2, 0.25) is 5.02 Å². The normalized spacial score (nSPS) is 20.9. The Labute approximate surface area is 173 Å². The summed E-state index contributed by atoms with van der Waals surface area (Å²) in [6, 6.07) is 8.11. The van der Waals surface area contributed by atoms with Crippen LogP contribution in [-0.2, 0) is 10.0 Å². The van der Waals surface area contributed by atoms with Crippen molar-refractivity contribution in [3.05, 3.63) is 29.3 Å². The summed E-state index contributed by atoms with van der Waals surface area (Å²) in [6.07, 6.45) is 4.45. The van der Waals surface area contributed by atoms with E-state index in [-0.39, 0.29) is 11.8 Å². The number of sulfonamides is 1. The van der Waals surface area contributed by atoms with Crippen molar-refractivity contribution >= 4 is 33.3 Å². The third-order valence-corrected chi connectivity index (χ3v) is 6.99. The van der Waals surface area contributed by atoms with Gasteiger partial charge in [0.15, 0.2) is 5.96 Å². The smallest absolute Gasteiger partial charge is 0.213 e. The number of halogens is 1. The zero-order valence-corrected chi connectivity index (χ0v) is 17.9. The predicted octanol–water partition coefficient (Wildman–Crippen LogP) is 1.80. The minimum Gasteiger partial charge on any atom is -0.369 e. The number of aliphatic imine (C=N–C) groups is 1. The summed E-state index contributed by atoms with van der Waals surface area (Å²) < 4.78 is 26.9. The summed E-state index contributed by atoms with van der Waals surface area (Å²) in [4.78, 5) is 6.50. The first-order chi connectivity index (χ1) is 13.4. The zero-order chi connectivity index (χ0) is 20.0. The standard InChI is InChI=1S/C19H30ClN5O2S/c1-21-19(22-9-11-28(26,27)23-13-15-4-2-5-15)24-17-8-10-25(14-17)18-7-3-6-16(20)12-18/h3,6-7,12,15,17,23H,2,4-5,8-11,13-14H2,1H3,(H2,21,22,24). The molecule has 0 amide bonds. The first-order valence-electron chi connectivity index (χ1n) is 9.90. The Kier molecular flexibility index (Phi) is 7.42. The second-order valence-corrected chi connectivity index (χ2v) is 9.88. The lowest BCUT2D eigenvalue weighted by molar-refractivity contribution is 0.316. The molecule has 0 radical (unpaired) electrons. The Morgan fingerprint density at radius 1 is 1.32 bits per heavy atom. The molecule has 1 aliphatic carbocycles. The van der Waals surface area contributed by atoms with Gasteiger partial charge in [-0.05, 0) is 43.4 Å². The molecule has 1 heterocycles. The van der Waals surface area contributed by atoms with Gasteiger partial charge in [0.2, 0.25) is 10.0 Å². The highest BCUT2D eigenvalue weighted by Crippen LogP contribution is 2.25. The minimum absolute atomic E-state index is 0.0414. The molecule has 0 spiro atoms. The van der Waals surface area contributed by atoms with Gasteiger partial charge in [-0.25, -0.2) is 13.1 Å². The first-order valence-corrected chi connectivity index (χ1v) is 11.9. The molecule has 9 heteroatoms. The van der Waals surface area contributed by atoms with Crippen molar-refractivity contribution in [3.63, 3.8) is 0 Å². The van der Waals surface area contributed by atoms with Crippen LogP contribution in [0.15, 0.2) is 29.3 Å². The second-order valence-electron chi connectivity index (χ2n) is 7.52. The second kappa shape index (κ2) is 9.80. The maximum atomic E-state index is 12.1. The highest BCUT2D eigenvalue weighted by molar-refractivity contribution is 7.89. The van der Waals surface area contributed by atoms with E-state index in [1.807, 2.05) is 18.2 Å². The van der Waals surface area contributed by atoms with Gasteiger partial charge in [0.25, 0.3) is 0 Å². The van der Waals surface area contributed by atoms with Crippen LogP contribution < -0.4 is 20.3 Å². The van der Waals surface area contributed by atoms with E-state index in [4.69, 9.17) is 11.6 Å². The first kappa shape index (κ1) is 21.2. The van der Waals surface area contributed by atoms with Crippen LogP contribution in [0.25, 0.3) is 0 Å². The molecule has 3 N–H and O–H groups in total. The Morgan fingerprint density at radius 3 is 2.82 bits per heavy atom. The molecule has 1 saturated carbocycles. The molecule has 1 aromatic carbocycles. The molecule has 3 rings (SSSR count).